The first-order chi connectivity index (χ1) is 13.0. The molecule has 2 aromatic carbocycles. The maximum absolute atomic E-state index is 12.1. The van der Waals surface area contributed by atoms with E-state index in [0.29, 0.717) is 32.5 Å². The lowest BCUT2D eigenvalue weighted by Crippen LogP contribution is -2.14. The summed E-state index contributed by atoms with van der Waals surface area (Å²) in [6, 6.07) is 14.0. The highest BCUT2D eigenvalue weighted by atomic mass is 35.5. The fraction of sp³-hybridized carbons (Fsp3) is 0.167. The molecule has 1 amide bonds. The molecule has 0 aliphatic rings. The van der Waals surface area contributed by atoms with E-state index in [9.17, 15) is 4.79 Å². The Morgan fingerprint density at radius 3 is 2.37 bits per heavy atom. The monoisotopic (exact) mass is 422 g/mol. The van der Waals surface area contributed by atoms with Crippen molar-refractivity contribution < 1.29 is 9.53 Å². The maximum atomic E-state index is 12.1. The van der Waals surface area contributed by atoms with Crippen LogP contribution in [0.4, 0.5) is 5.69 Å². The summed E-state index contributed by atoms with van der Waals surface area (Å²) in [5, 5.41) is 12.9. The zero-order chi connectivity index (χ0) is 19.2. The van der Waals surface area contributed by atoms with Crippen LogP contribution in [0.1, 0.15) is 5.82 Å². The fourth-order valence-electron chi connectivity index (χ4n) is 2.14. The highest BCUT2D eigenvalue weighted by Crippen LogP contribution is 2.20. The van der Waals surface area contributed by atoms with Gasteiger partial charge < -0.3 is 14.6 Å². The van der Waals surface area contributed by atoms with Crippen LogP contribution in [0.3, 0.4) is 0 Å². The number of hydrogen-bond donors (Lipinski definition) is 1. The molecule has 0 saturated heterocycles. The van der Waals surface area contributed by atoms with Gasteiger partial charge in [0.2, 0.25) is 5.91 Å². The lowest BCUT2D eigenvalue weighted by molar-refractivity contribution is -0.113. The van der Waals surface area contributed by atoms with Crippen LogP contribution in [0.2, 0.25) is 10.0 Å². The Morgan fingerprint density at radius 2 is 1.70 bits per heavy atom. The number of amides is 1. The van der Waals surface area contributed by atoms with Crippen molar-refractivity contribution in [3.63, 3.8) is 0 Å². The van der Waals surface area contributed by atoms with Gasteiger partial charge in [-0.05, 0) is 48.5 Å². The topological polar surface area (TPSA) is 69.0 Å². The molecule has 0 spiro atoms. The van der Waals surface area contributed by atoms with Crippen LogP contribution >= 0.6 is 35.0 Å². The molecule has 1 N–H and O–H groups in total. The van der Waals surface area contributed by atoms with Crippen molar-refractivity contribution in [2.45, 2.75) is 11.8 Å². The summed E-state index contributed by atoms with van der Waals surface area (Å²) in [6.07, 6.45) is 0. The number of ether oxygens (including phenoxy) is 1. The van der Waals surface area contributed by atoms with Gasteiger partial charge in [-0.3, -0.25) is 4.79 Å². The summed E-state index contributed by atoms with van der Waals surface area (Å²) < 4.78 is 7.48. The van der Waals surface area contributed by atoms with Gasteiger partial charge in [-0.1, -0.05) is 35.0 Å². The third-order valence-corrected chi connectivity index (χ3v) is 5.09. The molecule has 0 radical (unpaired) electrons. The van der Waals surface area contributed by atoms with Gasteiger partial charge in [0.25, 0.3) is 0 Å². The second-order valence-corrected chi connectivity index (χ2v) is 7.36. The van der Waals surface area contributed by atoms with E-state index < -0.39 is 0 Å². The van der Waals surface area contributed by atoms with Gasteiger partial charge >= 0.3 is 0 Å². The molecule has 3 aromatic rings. The number of nitrogens with zero attached hydrogens (tertiary/aromatic N) is 3. The molecule has 0 saturated carbocycles. The predicted molar refractivity (Wildman–Crippen MR) is 108 cm³/mol. The minimum atomic E-state index is -0.135. The van der Waals surface area contributed by atoms with Gasteiger partial charge in [0.15, 0.2) is 11.0 Å². The molecule has 6 nitrogen and oxygen atoms in total. The molecule has 1 aromatic heterocycles. The lowest BCUT2D eigenvalue weighted by Gasteiger charge is -2.07. The van der Waals surface area contributed by atoms with Crippen LogP contribution in [0.25, 0.3) is 0 Å². The fourth-order valence-corrected chi connectivity index (χ4v) is 3.12. The molecule has 140 valence electrons. The molecule has 27 heavy (non-hydrogen) atoms. The van der Waals surface area contributed by atoms with Gasteiger partial charge in [0.05, 0.1) is 5.75 Å². The lowest BCUT2D eigenvalue weighted by atomic mass is 10.3. The number of anilines is 1. The van der Waals surface area contributed by atoms with E-state index in [2.05, 4.69) is 15.5 Å². The third-order valence-electron chi connectivity index (χ3n) is 3.57. The Morgan fingerprint density at radius 1 is 1.07 bits per heavy atom. The van der Waals surface area contributed by atoms with E-state index in [4.69, 9.17) is 27.9 Å². The second-order valence-electron chi connectivity index (χ2n) is 5.54. The van der Waals surface area contributed by atoms with Crippen molar-refractivity contribution in [2.24, 2.45) is 7.05 Å². The van der Waals surface area contributed by atoms with E-state index in [1.165, 1.54) is 11.8 Å². The Hall–Kier alpha value is -2.22. The third kappa shape index (κ3) is 5.63. The van der Waals surface area contributed by atoms with Crippen LogP contribution in [-0.2, 0) is 18.4 Å². The average molecular weight is 423 g/mol. The zero-order valence-electron chi connectivity index (χ0n) is 14.4. The molecule has 0 aliphatic heterocycles. The molecule has 0 atom stereocenters. The SMILES string of the molecule is Cn1c(COc2ccc(Cl)cc2)nnc1SCC(=O)Nc1ccc(Cl)cc1. The summed E-state index contributed by atoms with van der Waals surface area (Å²) in [5.41, 5.74) is 0.694. The molecule has 0 unspecified atom stereocenters. The van der Waals surface area contributed by atoms with Crippen molar-refractivity contribution in [1.82, 2.24) is 14.8 Å². The minimum absolute atomic E-state index is 0.135. The molecule has 0 fully saturated rings. The number of halogens is 2. The number of carbonyl (C=O) groups is 1. The van der Waals surface area contributed by atoms with Gasteiger partial charge in [-0.15, -0.1) is 10.2 Å². The summed E-state index contributed by atoms with van der Waals surface area (Å²) in [6.45, 7) is 0.267. The van der Waals surface area contributed by atoms with E-state index >= 15 is 0 Å². The first kappa shape index (κ1) is 19.5. The predicted octanol–water partition coefficient (Wildman–Crippen LogP) is 4.43. The summed E-state index contributed by atoms with van der Waals surface area (Å²) in [5.74, 6) is 1.43. The summed E-state index contributed by atoms with van der Waals surface area (Å²) in [7, 11) is 1.83. The number of hydrogen-bond acceptors (Lipinski definition) is 5. The average Bonchev–Trinajstić information content (AvgIpc) is 3.01. The van der Waals surface area contributed by atoms with Gasteiger partial charge in [-0.2, -0.15) is 0 Å². The summed E-state index contributed by atoms with van der Waals surface area (Å²) in [4.78, 5) is 12.1. The van der Waals surface area contributed by atoms with E-state index in [1.54, 1.807) is 53.1 Å². The number of benzene rings is 2. The Bertz CT molecular complexity index is 914. The minimum Gasteiger partial charge on any atom is -0.486 e. The van der Waals surface area contributed by atoms with Gasteiger partial charge in [0.1, 0.15) is 12.4 Å². The molecule has 0 aliphatic carbocycles. The highest BCUT2D eigenvalue weighted by molar-refractivity contribution is 7.99. The Labute approximate surface area is 170 Å². The molecule has 9 heteroatoms. The first-order valence-electron chi connectivity index (χ1n) is 7.96. The van der Waals surface area contributed by atoms with Crippen LogP contribution < -0.4 is 10.1 Å². The second kappa shape index (κ2) is 9.12. The van der Waals surface area contributed by atoms with Gasteiger partial charge in [0, 0.05) is 22.8 Å². The number of nitrogens with one attached hydrogen (secondary N) is 1. The Kier molecular flexibility index (Phi) is 6.60. The van der Waals surface area contributed by atoms with Crippen molar-refractivity contribution >= 4 is 46.6 Å². The Balaban J connectivity index is 1.51. The van der Waals surface area contributed by atoms with Crippen LogP contribution in [0, 0.1) is 0 Å². The standard InChI is InChI=1S/C18H16Cl2N4O2S/c1-24-16(10-26-15-8-4-13(20)5-9-15)22-23-18(24)27-11-17(25)21-14-6-2-12(19)3-7-14/h2-9H,10-11H2,1H3,(H,21,25). The van der Waals surface area contributed by atoms with Crippen LogP contribution in [0.15, 0.2) is 53.7 Å². The summed E-state index contributed by atoms with van der Waals surface area (Å²) >= 11 is 13.0. The molecule has 1 heterocycles. The van der Waals surface area contributed by atoms with Gasteiger partial charge in [-0.25, -0.2) is 0 Å². The van der Waals surface area contributed by atoms with Crippen molar-refractivity contribution in [2.75, 3.05) is 11.1 Å². The molecular weight excluding hydrogens is 407 g/mol. The first-order valence-corrected chi connectivity index (χ1v) is 9.70. The van der Waals surface area contributed by atoms with Crippen molar-refractivity contribution in [3.8, 4) is 5.75 Å². The zero-order valence-corrected chi connectivity index (χ0v) is 16.7. The van der Waals surface area contributed by atoms with Crippen molar-refractivity contribution in [1.29, 1.82) is 0 Å². The normalized spacial score (nSPS) is 10.6. The van der Waals surface area contributed by atoms with Crippen LogP contribution in [-0.4, -0.2) is 26.4 Å². The van der Waals surface area contributed by atoms with E-state index in [1.807, 2.05) is 7.05 Å². The number of rotatable bonds is 7. The van der Waals surface area contributed by atoms with Crippen LogP contribution in [0.5, 0.6) is 5.75 Å². The van der Waals surface area contributed by atoms with E-state index in [0.717, 1.165) is 0 Å². The largest absolute Gasteiger partial charge is 0.486 e. The maximum Gasteiger partial charge on any atom is 0.234 e. The molecule has 0 bridgehead atoms. The smallest absolute Gasteiger partial charge is 0.234 e. The van der Waals surface area contributed by atoms with Crippen molar-refractivity contribution in [3.05, 3.63) is 64.4 Å². The number of aromatic nitrogens is 3. The molecular formula is C18H16Cl2N4O2S. The number of thioether (sulfide) groups is 1. The number of carbonyl (C=O) groups excluding carboxylic acids is 1. The van der Waals surface area contributed by atoms with E-state index in [-0.39, 0.29) is 18.3 Å². The highest BCUT2D eigenvalue weighted by Gasteiger charge is 2.12. The molecule has 3 rings (SSSR count). The quantitative estimate of drug-likeness (QED) is 0.570.